The SMILES string of the molecule is CNS(=O)(=O)c1cc(NC(=O)C[NH+]2C[C@@H](C)C[C@H](C)C2)ccc1C. The van der Waals surface area contributed by atoms with Crippen molar-refractivity contribution in [3.63, 3.8) is 0 Å². The number of hydrogen-bond acceptors (Lipinski definition) is 3. The molecule has 0 radical (unpaired) electrons. The van der Waals surface area contributed by atoms with Crippen LogP contribution in [0.5, 0.6) is 0 Å². The molecule has 0 aliphatic carbocycles. The molecule has 1 amide bonds. The van der Waals surface area contributed by atoms with Crippen LogP contribution in [0.2, 0.25) is 0 Å². The van der Waals surface area contributed by atoms with Gasteiger partial charge in [-0.15, -0.1) is 0 Å². The highest BCUT2D eigenvalue weighted by Crippen LogP contribution is 2.19. The van der Waals surface area contributed by atoms with E-state index in [0.717, 1.165) is 13.1 Å². The van der Waals surface area contributed by atoms with Crippen LogP contribution < -0.4 is 14.9 Å². The van der Waals surface area contributed by atoms with Crippen molar-refractivity contribution in [1.29, 1.82) is 0 Å². The molecule has 3 N–H and O–H groups in total. The summed E-state index contributed by atoms with van der Waals surface area (Å²) < 4.78 is 26.4. The van der Waals surface area contributed by atoms with Crippen LogP contribution in [0.15, 0.2) is 23.1 Å². The minimum Gasteiger partial charge on any atom is -0.327 e. The molecule has 0 aromatic heterocycles. The largest absolute Gasteiger partial charge is 0.327 e. The number of rotatable bonds is 5. The second-order valence-electron chi connectivity index (χ2n) is 7.02. The van der Waals surface area contributed by atoms with Gasteiger partial charge in [-0.1, -0.05) is 19.9 Å². The van der Waals surface area contributed by atoms with Crippen LogP contribution in [0.1, 0.15) is 25.8 Å². The van der Waals surface area contributed by atoms with E-state index >= 15 is 0 Å². The molecule has 1 aliphatic heterocycles. The molecule has 7 heteroatoms. The monoisotopic (exact) mass is 354 g/mol. The van der Waals surface area contributed by atoms with Gasteiger partial charge in [-0.2, -0.15) is 0 Å². The molecule has 2 rings (SSSR count). The lowest BCUT2D eigenvalue weighted by atomic mass is 9.92. The number of likely N-dealkylation sites (tertiary alicyclic amines) is 1. The fourth-order valence-electron chi connectivity index (χ4n) is 3.58. The molecule has 6 nitrogen and oxygen atoms in total. The van der Waals surface area contributed by atoms with E-state index in [4.69, 9.17) is 0 Å². The molecular formula is C17H28N3O3S+. The number of anilines is 1. The third-order valence-corrected chi connectivity index (χ3v) is 6.08. The van der Waals surface area contributed by atoms with E-state index in [2.05, 4.69) is 23.9 Å². The first kappa shape index (κ1) is 18.9. The average molecular weight is 354 g/mol. The Kier molecular flexibility index (Phi) is 6.01. The van der Waals surface area contributed by atoms with Crippen molar-refractivity contribution in [3.8, 4) is 0 Å². The number of benzene rings is 1. The summed E-state index contributed by atoms with van der Waals surface area (Å²) in [5.41, 5.74) is 1.16. The van der Waals surface area contributed by atoms with Crippen LogP contribution in [0.4, 0.5) is 5.69 Å². The number of sulfonamides is 1. The molecule has 0 bridgehead atoms. The molecular weight excluding hydrogens is 326 g/mol. The highest BCUT2D eigenvalue weighted by Gasteiger charge is 2.26. The average Bonchev–Trinajstić information content (AvgIpc) is 2.47. The lowest BCUT2D eigenvalue weighted by Gasteiger charge is -2.31. The predicted octanol–water partition coefficient (Wildman–Crippen LogP) is 0.402. The van der Waals surface area contributed by atoms with E-state index in [1.807, 2.05) is 0 Å². The zero-order chi connectivity index (χ0) is 17.9. The molecule has 24 heavy (non-hydrogen) atoms. The standard InChI is InChI=1S/C17H27N3O3S/c1-12-7-13(2)10-20(9-12)11-17(21)19-15-6-5-14(3)16(8-15)24(22,23)18-4/h5-6,8,12-13,18H,7,9-11H2,1-4H3,(H,19,21)/p+1/t12-,13-/m0/s1. The van der Waals surface area contributed by atoms with Gasteiger partial charge in [0.25, 0.3) is 5.91 Å². The van der Waals surface area contributed by atoms with Gasteiger partial charge in [-0.05, 0) is 38.1 Å². The Hall–Kier alpha value is -1.44. The van der Waals surface area contributed by atoms with E-state index in [1.165, 1.54) is 24.4 Å². The molecule has 1 aromatic rings. The summed E-state index contributed by atoms with van der Waals surface area (Å²) in [7, 11) is -2.16. The highest BCUT2D eigenvalue weighted by atomic mass is 32.2. The molecule has 1 heterocycles. The third kappa shape index (κ3) is 4.78. The summed E-state index contributed by atoms with van der Waals surface area (Å²) in [5, 5.41) is 2.83. The van der Waals surface area contributed by atoms with Gasteiger partial charge in [-0.3, -0.25) is 4.79 Å². The summed E-state index contributed by atoms with van der Waals surface area (Å²) >= 11 is 0. The van der Waals surface area contributed by atoms with Gasteiger partial charge in [0.05, 0.1) is 18.0 Å². The van der Waals surface area contributed by atoms with Crippen molar-refractivity contribution in [2.24, 2.45) is 11.8 Å². The Morgan fingerprint density at radius 2 is 1.88 bits per heavy atom. The fourth-order valence-corrected chi connectivity index (χ4v) is 4.57. The van der Waals surface area contributed by atoms with E-state index in [-0.39, 0.29) is 10.8 Å². The molecule has 0 spiro atoms. The van der Waals surface area contributed by atoms with Gasteiger partial charge < -0.3 is 10.2 Å². The van der Waals surface area contributed by atoms with Crippen LogP contribution in [0.3, 0.4) is 0 Å². The maximum absolute atomic E-state index is 12.3. The Morgan fingerprint density at radius 1 is 1.25 bits per heavy atom. The summed E-state index contributed by atoms with van der Waals surface area (Å²) in [6, 6.07) is 4.95. The van der Waals surface area contributed by atoms with Crippen molar-refractivity contribution in [1.82, 2.24) is 4.72 Å². The molecule has 0 saturated carbocycles. The number of carbonyl (C=O) groups excluding carboxylic acids is 1. The molecule has 1 fully saturated rings. The first-order valence-corrected chi connectivity index (χ1v) is 9.87. The van der Waals surface area contributed by atoms with Crippen molar-refractivity contribution in [2.75, 3.05) is 32.0 Å². The van der Waals surface area contributed by atoms with Crippen LogP contribution in [0.25, 0.3) is 0 Å². The number of amides is 1. The van der Waals surface area contributed by atoms with Crippen LogP contribution in [0, 0.1) is 18.8 Å². The summed E-state index contributed by atoms with van der Waals surface area (Å²) in [5.74, 6) is 1.18. The molecule has 0 unspecified atom stereocenters. The van der Waals surface area contributed by atoms with E-state index in [0.29, 0.717) is 29.6 Å². The molecule has 1 aromatic carbocycles. The number of carbonyl (C=O) groups is 1. The van der Waals surface area contributed by atoms with Crippen molar-refractivity contribution in [3.05, 3.63) is 23.8 Å². The third-order valence-electron chi connectivity index (χ3n) is 4.52. The van der Waals surface area contributed by atoms with Crippen molar-refractivity contribution < 1.29 is 18.1 Å². The Bertz CT molecular complexity index is 693. The normalized spacial score (nSPS) is 24.6. The molecule has 2 atom stereocenters. The minimum atomic E-state index is -3.54. The maximum Gasteiger partial charge on any atom is 0.279 e. The predicted molar refractivity (Wildman–Crippen MR) is 94.6 cm³/mol. The zero-order valence-electron chi connectivity index (χ0n) is 14.8. The van der Waals surface area contributed by atoms with Gasteiger partial charge in [0.15, 0.2) is 6.54 Å². The highest BCUT2D eigenvalue weighted by molar-refractivity contribution is 7.89. The second kappa shape index (κ2) is 7.63. The number of nitrogens with one attached hydrogen (secondary N) is 3. The fraction of sp³-hybridized carbons (Fsp3) is 0.588. The molecule has 1 saturated heterocycles. The zero-order valence-corrected chi connectivity index (χ0v) is 15.7. The first-order valence-electron chi connectivity index (χ1n) is 8.39. The van der Waals surface area contributed by atoms with Crippen LogP contribution in [-0.4, -0.2) is 41.0 Å². The maximum atomic E-state index is 12.3. The first-order chi connectivity index (χ1) is 11.2. The van der Waals surface area contributed by atoms with Crippen molar-refractivity contribution >= 4 is 21.6 Å². The topological polar surface area (TPSA) is 79.7 Å². The van der Waals surface area contributed by atoms with Gasteiger partial charge in [0.2, 0.25) is 10.0 Å². The van der Waals surface area contributed by atoms with Gasteiger partial charge in [-0.25, -0.2) is 13.1 Å². The smallest absolute Gasteiger partial charge is 0.279 e. The summed E-state index contributed by atoms with van der Waals surface area (Å²) in [6.07, 6.45) is 1.22. The quantitative estimate of drug-likeness (QED) is 0.716. The Balaban J connectivity index is 2.05. The molecule has 1 aliphatic rings. The van der Waals surface area contributed by atoms with Crippen LogP contribution in [-0.2, 0) is 14.8 Å². The van der Waals surface area contributed by atoms with Crippen LogP contribution >= 0.6 is 0 Å². The van der Waals surface area contributed by atoms with Gasteiger partial charge >= 0.3 is 0 Å². The van der Waals surface area contributed by atoms with E-state index in [1.54, 1.807) is 19.1 Å². The number of piperidine rings is 1. The van der Waals surface area contributed by atoms with E-state index in [9.17, 15) is 13.2 Å². The van der Waals surface area contributed by atoms with Gasteiger partial charge in [0.1, 0.15) is 0 Å². The summed E-state index contributed by atoms with van der Waals surface area (Å²) in [4.78, 5) is 13.8. The summed E-state index contributed by atoms with van der Waals surface area (Å²) in [6.45, 7) is 8.61. The Labute approximate surface area is 144 Å². The lowest BCUT2D eigenvalue weighted by molar-refractivity contribution is -0.904. The minimum absolute atomic E-state index is 0.0806. The molecule has 134 valence electrons. The second-order valence-corrected chi connectivity index (χ2v) is 8.87. The number of hydrogen-bond donors (Lipinski definition) is 3. The van der Waals surface area contributed by atoms with E-state index < -0.39 is 10.0 Å². The lowest BCUT2D eigenvalue weighted by Crippen LogP contribution is -3.15. The van der Waals surface area contributed by atoms with Gasteiger partial charge in [0, 0.05) is 17.5 Å². The van der Waals surface area contributed by atoms with Crippen molar-refractivity contribution in [2.45, 2.75) is 32.1 Å². The number of aryl methyl sites for hydroxylation is 1. The Morgan fingerprint density at radius 3 is 2.46 bits per heavy atom. The number of quaternary nitrogens is 1.